The maximum atomic E-state index is 13.4. The molecular formula is C27H34N4O6. The summed E-state index contributed by atoms with van der Waals surface area (Å²) >= 11 is 0. The molecule has 2 aromatic carbocycles. The van der Waals surface area contributed by atoms with E-state index in [4.69, 9.17) is 20.0 Å². The molecule has 2 aromatic rings. The predicted octanol–water partition coefficient (Wildman–Crippen LogP) is 3.27. The van der Waals surface area contributed by atoms with E-state index in [0.717, 1.165) is 11.1 Å². The number of ether oxygens (including phenoxy) is 2. The van der Waals surface area contributed by atoms with E-state index in [2.05, 4.69) is 10.6 Å². The number of amides is 1. The van der Waals surface area contributed by atoms with Crippen LogP contribution >= 0.6 is 0 Å². The molecule has 0 aliphatic carbocycles. The van der Waals surface area contributed by atoms with Crippen molar-refractivity contribution in [2.24, 2.45) is 0 Å². The summed E-state index contributed by atoms with van der Waals surface area (Å²) in [7, 11) is 3.03. The normalized spacial score (nSPS) is 12.7. The zero-order valence-electron chi connectivity index (χ0n) is 22.1. The van der Waals surface area contributed by atoms with Gasteiger partial charge in [0.1, 0.15) is 23.9 Å². The van der Waals surface area contributed by atoms with Gasteiger partial charge in [-0.1, -0.05) is 20.8 Å². The number of fused-ring (bicyclic) bond motifs is 1. The lowest BCUT2D eigenvalue weighted by molar-refractivity contribution is -0.134. The number of carbonyl (C=O) groups excluding carboxylic acids is 2. The molecule has 10 nitrogen and oxygen atoms in total. The minimum Gasteiger partial charge on any atom is -0.494 e. The van der Waals surface area contributed by atoms with Crippen LogP contribution in [0.4, 0.5) is 5.69 Å². The lowest BCUT2D eigenvalue weighted by atomic mass is 9.84. The molecule has 198 valence electrons. The first kappa shape index (κ1) is 27.5. The van der Waals surface area contributed by atoms with Crippen molar-refractivity contribution in [3.05, 3.63) is 52.1 Å². The topological polar surface area (TPSA) is 141 Å². The maximum absolute atomic E-state index is 13.4. The Balaban J connectivity index is 1.94. The molecule has 1 aliphatic heterocycles. The summed E-state index contributed by atoms with van der Waals surface area (Å²) in [4.78, 5) is 38.6. The van der Waals surface area contributed by atoms with Gasteiger partial charge in [0.15, 0.2) is 5.78 Å². The second-order valence-corrected chi connectivity index (χ2v) is 9.75. The van der Waals surface area contributed by atoms with E-state index in [1.807, 2.05) is 27.7 Å². The molecule has 0 saturated carbocycles. The van der Waals surface area contributed by atoms with Crippen molar-refractivity contribution in [1.29, 1.82) is 5.41 Å². The van der Waals surface area contributed by atoms with Crippen LogP contribution in [0.1, 0.15) is 65.1 Å². The summed E-state index contributed by atoms with van der Waals surface area (Å²) < 4.78 is 11.2. The number of nitrogens with zero attached hydrogens (tertiary/aromatic N) is 1. The zero-order valence-corrected chi connectivity index (χ0v) is 22.1. The molecule has 0 aromatic heterocycles. The highest BCUT2D eigenvalue weighted by atomic mass is 16.5. The van der Waals surface area contributed by atoms with Crippen LogP contribution in [0.5, 0.6) is 11.5 Å². The lowest BCUT2D eigenvalue weighted by Gasteiger charge is -2.25. The third-order valence-electron chi connectivity index (χ3n) is 6.10. The molecule has 0 spiro atoms. The molecule has 1 aliphatic rings. The third-order valence-corrected chi connectivity index (χ3v) is 6.10. The van der Waals surface area contributed by atoms with Crippen LogP contribution in [-0.2, 0) is 16.8 Å². The van der Waals surface area contributed by atoms with Gasteiger partial charge in [-0.25, -0.2) is 0 Å². The van der Waals surface area contributed by atoms with Crippen molar-refractivity contribution in [3.8, 4) is 11.5 Å². The van der Waals surface area contributed by atoms with Crippen LogP contribution in [0, 0.1) is 5.41 Å². The van der Waals surface area contributed by atoms with E-state index in [0.29, 0.717) is 47.0 Å². The Labute approximate surface area is 216 Å². The van der Waals surface area contributed by atoms with Gasteiger partial charge in [-0.2, -0.15) is 0 Å². The minimum absolute atomic E-state index is 0.0684. The zero-order chi connectivity index (χ0) is 27.5. The Morgan fingerprint density at radius 3 is 2.43 bits per heavy atom. The second kappa shape index (κ2) is 10.9. The van der Waals surface area contributed by atoms with Crippen LogP contribution < -0.4 is 20.1 Å². The summed E-state index contributed by atoms with van der Waals surface area (Å²) in [5.74, 6) is -0.534. The smallest absolute Gasteiger partial charge is 0.322 e. The highest BCUT2D eigenvalue weighted by Crippen LogP contribution is 2.39. The average molecular weight is 511 g/mol. The Kier molecular flexibility index (Phi) is 8.10. The van der Waals surface area contributed by atoms with Crippen LogP contribution in [0.15, 0.2) is 24.3 Å². The lowest BCUT2D eigenvalue weighted by Crippen LogP contribution is -2.30. The molecule has 0 atom stereocenters. The number of amidine groups is 1. The number of methoxy groups -OCH3 is 1. The number of benzene rings is 2. The molecule has 3 rings (SSSR count). The fraction of sp³-hybridized carbons (Fsp3) is 0.407. The number of carboxylic acid groups (broad SMARTS) is 1. The highest BCUT2D eigenvalue weighted by Gasteiger charge is 2.30. The molecule has 0 bridgehead atoms. The quantitative estimate of drug-likeness (QED) is 0.357. The fourth-order valence-corrected chi connectivity index (χ4v) is 4.28. The third kappa shape index (κ3) is 5.84. The first-order valence-corrected chi connectivity index (χ1v) is 12.0. The van der Waals surface area contributed by atoms with Crippen molar-refractivity contribution >= 4 is 29.2 Å². The Hall–Kier alpha value is -4.08. The number of Topliss-reactive ketones (excluding diaryl/α,β-unsaturated/α-hetero) is 1. The van der Waals surface area contributed by atoms with Gasteiger partial charge in [-0.05, 0) is 42.2 Å². The van der Waals surface area contributed by atoms with Crippen molar-refractivity contribution in [2.75, 3.05) is 39.2 Å². The number of carbonyl (C=O) groups is 3. The Bertz CT molecular complexity index is 1250. The number of hydrogen-bond donors (Lipinski definition) is 4. The number of hydrogen-bond acceptors (Lipinski definition) is 7. The molecule has 0 fully saturated rings. The van der Waals surface area contributed by atoms with Crippen molar-refractivity contribution in [1.82, 2.24) is 10.2 Å². The van der Waals surface area contributed by atoms with Crippen LogP contribution in [0.2, 0.25) is 0 Å². The number of nitrogens with one attached hydrogen (secondary N) is 3. The highest BCUT2D eigenvalue weighted by molar-refractivity contribution is 6.08. The first-order chi connectivity index (χ1) is 17.4. The van der Waals surface area contributed by atoms with Crippen molar-refractivity contribution in [3.63, 3.8) is 0 Å². The van der Waals surface area contributed by atoms with Gasteiger partial charge >= 0.3 is 5.97 Å². The summed E-state index contributed by atoms with van der Waals surface area (Å²) in [5.41, 5.74) is 2.86. The van der Waals surface area contributed by atoms with Gasteiger partial charge < -0.3 is 30.1 Å². The van der Waals surface area contributed by atoms with E-state index in [-0.39, 0.29) is 36.0 Å². The van der Waals surface area contributed by atoms with Gasteiger partial charge in [0.25, 0.3) is 5.91 Å². The van der Waals surface area contributed by atoms with Crippen molar-refractivity contribution in [2.45, 2.75) is 39.7 Å². The predicted molar refractivity (Wildman–Crippen MR) is 140 cm³/mol. The molecule has 1 heterocycles. The van der Waals surface area contributed by atoms with E-state index in [9.17, 15) is 14.4 Å². The van der Waals surface area contributed by atoms with Gasteiger partial charge in [-0.15, -0.1) is 0 Å². The largest absolute Gasteiger partial charge is 0.494 e. The van der Waals surface area contributed by atoms with E-state index in [1.54, 1.807) is 29.2 Å². The molecule has 0 saturated heterocycles. The number of anilines is 1. The fourth-order valence-electron chi connectivity index (χ4n) is 4.28. The summed E-state index contributed by atoms with van der Waals surface area (Å²) in [6.07, 6.45) is 0. The van der Waals surface area contributed by atoms with E-state index < -0.39 is 5.97 Å². The van der Waals surface area contributed by atoms with E-state index in [1.165, 1.54) is 14.2 Å². The maximum Gasteiger partial charge on any atom is 0.322 e. The molecule has 1 amide bonds. The number of ketones is 1. The summed E-state index contributed by atoms with van der Waals surface area (Å²) in [6, 6.07) is 6.73. The summed E-state index contributed by atoms with van der Waals surface area (Å²) in [6.45, 7) is 8.07. The molecule has 0 unspecified atom stereocenters. The average Bonchev–Trinajstić information content (AvgIpc) is 3.14. The van der Waals surface area contributed by atoms with Crippen molar-refractivity contribution < 1.29 is 29.0 Å². The summed E-state index contributed by atoms with van der Waals surface area (Å²) in [5, 5.41) is 23.2. The molecule has 0 radical (unpaired) electrons. The second-order valence-electron chi connectivity index (χ2n) is 9.75. The number of aliphatic carboxylic acids is 1. The number of rotatable bonds is 10. The molecule has 37 heavy (non-hydrogen) atoms. The standard InChI is InChI=1S/C27H34N4O6/c1-7-37-22-10-16-13-31(25(28)17(16)11-18(22)26(35)29-5)14-21(32)15-8-19(27(2,3)4)24(36-6)20(9-15)30-12-23(33)34/h8-11,28,30H,7,12-14H2,1-6H3,(H,29,35)(H,33,34). The molecule has 10 heteroatoms. The van der Waals surface area contributed by atoms with Gasteiger partial charge in [0, 0.05) is 30.3 Å². The van der Waals surface area contributed by atoms with Crippen LogP contribution in [-0.4, -0.2) is 67.4 Å². The Morgan fingerprint density at radius 2 is 1.86 bits per heavy atom. The molecular weight excluding hydrogens is 476 g/mol. The SMILES string of the molecule is CCOc1cc2c(cc1C(=O)NC)C(=N)N(CC(=O)c1cc(NCC(=O)O)c(OC)c(C(C)(C)C)c1)C2. The van der Waals surface area contributed by atoms with Crippen LogP contribution in [0.3, 0.4) is 0 Å². The molecule has 4 N–H and O–H groups in total. The van der Waals surface area contributed by atoms with Crippen LogP contribution in [0.25, 0.3) is 0 Å². The first-order valence-electron chi connectivity index (χ1n) is 12.0. The van der Waals surface area contributed by atoms with Gasteiger partial charge in [-0.3, -0.25) is 19.8 Å². The minimum atomic E-state index is -1.04. The van der Waals surface area contributed by atoms with Gasteiger partial charge in [0.05, 0.1) is 31.5 Å². The monoisotopic (exact) mass is 510 g/mol. The number of carboxylic acids is 1. The van der Waals surface area contributed by atoms with Gasteiger partial charge in [0.2, 0.25) is 0 Å². The van der Waals surface area contributed by atoms with E-state index >= 15 is 0 Å². The Morgan fingerprint density at radius 1 is 1.16 bits per heavy atom.